The number of hydrogen-bond acceptors (Lipinski definition) is 2. The largest absolute Gasteiger partial charge is 0.459 e. The van der Waals surface area contributed by atoms with E-state index in [4.69, 9.17) is 4.42 Å². The van der Waals surface area contributed by atoms with Gasteiger partial charge in [0.15, 0.2) is 5.76 Å². The van der Waals surface area contributed by atoms with Crippen LogP contribution in [0.25, 0.3) is 0 Å². The standard InChI is InChI=1S/C11H16BrNO2/c1-9(8-12)4-2-6-13-11(14)10-5-3-7-15-10/h3,5,7,9H,2,4,6,8H2,1H3,(H,13,14). The lowest BCUT2D eigenvalue weighted by Crippen LogP contribution is -2.24. The molecule has 0 spiro atoms. The fourth-order valence-corrected chi connectivity index (χ4v) is 1.55. The molecular weight excluding hydrogens is 258 g/mol. The Morgan fingerprint density at radius 2 is 2.47 bits per heavy atom. The predicted octanol–water partition coefficient (Wildman–Crippen LogP) is 2.82. The highest BCUT2D eigenvalue weighted by Gasteiger charge is 2.07. The minimum atomic E-state index is -0.133. The molecule has 0 saturated carbocycles. The summed E-state index contributed by atoms with van der Waals surface area (Å²) >= 11 is 3.42. The number of alkyl halides is 1. The molecule has 1 rings (SSSR count). The molecule has 1 unspecified atom stereocenters. The van der Waals surface area contributed by atoms with E-state index in [1.807, 2.05) is 0 Å². The van der Waals surface area contributed by atoms with Crippen molar-refractivity contribution >= 4 is 21.8 Å². The second kappa shape index (κ2) is 6.67. The molecule has 0 bridgehead atoms. The quantitative estimate of drug-likeness (QED) is 0.640. The topological polar surface area (TPSA) is 42.2 Å². The van der Waals surface area contributed by atoms with Crippen molar-refractivity contribution in [2.24, 2.45) is 5.92 Å². The first-order valence-corrected chi connectivity index (χ1v) is 6.24. The molecule has 0 fully saturated rings. The molecule has 1 heterocycles. The second-order valence-electron chi connectivity index (χ2n) is 3.63. The Balaban J connectivity index is 2.13. The Labute approximate surface area is 98.4 Å². The second-order valence-corrected chi connectivity index (χ2v) is 4.28. The van der Waals surface area contributed by atoms with Crippen LogP contribution in [-0.4, -0.2) is 17.8 Å². The van der Waals surface area contributed by atoms with Crippen LogP contribution in [0, 0.1) is 5.92 Å². The number of rotatable bonds is 6. The molecular formula is C11H16BrNO2. The summed E-state index contributed by atoms with van der Waals surface area (Å²) in [7, 11) is 0. The zero-order chi connectivity index (χ0) is 11.1. The summed E-state index contributed by atoms with van der Waals surface area (Å²) in [5.74, 6) is 0.903. The van der Waals surface area contributed by atoms with Crippen LogP contribution in [0.4, 0.5) is 0 Å². The molecule has 0 aliphatic rings. The maximum Gasteiger partial charge on any atom is 0.286 e. The molecule has 1 aromatic rings. The van der Waals surface area contributed by atoms with Gasteiger partial charge < -0.3 is 9.73 Å². The van der Waals surface area contributed by atoms with Crippen molar-refractivity contribution in [3.63, 3.8) is 0 Å². The molecule has 1 amide bonds. The van der Waals surface area contributed by atoms with E-state index in [1.54, 1.807) is 12.1 Å². The van der Waals surface area contributed by atoms with Crippen LogP contribution >= 0.6 is 15.9 Å². The summed E-state index contributed by atoms with van der Waals surface area (Å²) in [5, 5.41) is 3.83. The number of hydrogen-bond donors (Lipinski definition) is 1. The van der Waals surface area contributed by atoms with Gasteiger partial charge in [-0.05, 0) is 30.9 Å². The number of furan rings is 1. The van der Waals surface area contributed by atoms with Crippen molar-refractivity contribution in [3.05, 3.63) is 24.2 Å². The minimum absolute atomic E-state index is 0.133. The first kappa shape index (κ1) is 12.3. The lowest BCUT2D eigenvalue weighted by molar-refractivity contribution is 0.0925. The molecule has 0 radical (unpaired) electrons. The van der Waals surface area contributed by atoms with E-state index in [0.29, 0.717) is 18.2 Å². The highest BCUT2D eigenvalue weighted by atomic mass is 79.9. The third-order valence-electron chi connectivity index (χ3n) is 2.17. The number of halogens is 1. The van der Waals surface area contributed by atoms with Gasteiger partial charge in [-0.25, -0.2) is 0 Å². The van der Waals surface area contributed by atoms with E-state index >= 15 is 0 Å². The van der Waals surface area contributed by atoms with Gasteiger partial charge in [0, 0.05) is 11.9 Å². The van der Waals surface area contributed by atoms with Gasteiger partial charge in [0.25, 0.3) is 5.91 Å². The molecule has 0 aliphatic heterocycles. The fraction of sp³-hybridized carbons (Fsp3) is 0.545. The Kier molecular flexibility index (Phi) is 5.47. The zero-order valence-electron chi connectivity index (χ0n) is 8.83. The Morgan fingerprint density at radius 3 is 3.07 bits per heavy atom. The fourth-order valence-electron chi connectivity index (χ4n) is 1.22. The molecule has 15 heavy (non-hydrogen) atoms. The molecule has 0 aromatic carbocycles. The highest BCUT2D eigenvalue weighted by Crippen LogP contribution is 2.07. The van der Waals surface area contributed by atoms with Crippen LogP contribution in [-0.2, 0) is 0 Å². The number of carbonyl (C=O) groups is 1. The number of nitrogens with one attached hydrogen (secondary N) is 1. The summed E-state index contributed by atoms with van der Waals surface area (Å²) in [6.45, 7) is 2.89. The van der Waals surface area contributed by atoms with Crippen LogP contribution in [0.3, 0.4) is 0 Å². The normalized spacial score (nSPS) is 12.4. The molecule has 1 N–H and O–H groups in total. The van der Waals surface area contributed by atoms with Gasteiger partial charge in [0.05, 0.1) is 6.26 Å². The SMILES string of the molecule is CC(CBr)CCCNC(=O)c1ccco1. The average Bonchev–Trinajstić information content (AvgIpc) is 2.77. The van der Waals surface area contributed by atoms with E-state index in [2.05, 4.69) is 28.2 Å². The molecule has 3 nitrogen and oxygen atoms in total. The molecule has 4 heteroatoms. The molecule has 1 aromatic heterocycles. The van der Waals surface area contributed by atoms with Gasteiger partial charge in [-0.3, -0.25) is 4.79 Å². The molecule has 84 valence electrons. The van der Waals surface area contributed by atoms with Crippen LogP contribution in [0.1, 0.15) is 30.3 Å². The van der Waals surface area contributed by atoms with E-state index in [9.17, 15) is 4.79 Å². The zero-order valence-corrected chi connectivity index (χ0v) is 10.4. The van der Waals surface area contributed by atoms with Crippen LogP contribution in [0.5, 0.6) is 0 Å². The van der Waals surface area contributed by atoms with Gasteiger partial charge >= 0.3 is 0 Å². The van der Waals surface area contributed by atoms with Crippen LogP contribution in [0.15, 0.2) is 22.8 Å². The van der Waals surface area contributed by atoms with Crippen LogP contribution in [0.2, 0.25) is 0 Å². The third-order valence-corrected chi connectivity index (χ3v) is 3.27. The Morgan fingerprint density at radius 1 is 1.67 bits per heavy atom. The van der Waals surface area contributed by atoms with E-state index in [-0.39, 0.29) is 5.91 Å². The average molecular weight is 274 g/mol. The third kappa shape index (κ3) is 4.51. The van der Waals surface area contributed by atoms with Gasteiger partial charge in [-0.2, -0.15) is 0 Å². The molecule has 1 atom stereocenters. The Bertz CT molecular complexity index is 285. The van der Waals surface area contributed by atoms with Gasteiger partial charge in [0.1, 0.15) is 0 Å². The first-order chi connectivity index (χ1) is 7.24. The van der Waals surface area contributed by atoms with Crippen molar-refractivity contribution in [2.75, 3.05) is 11.9 Å². The lowest BCUT2D eigenvalue weighted by atomic mass is 10.1. The summed E-state index contributed by atoms with van der Waals surface area (Å²) in [6, 6.07) is 3.37. The maximum absolute atomic E-state index is 11.4. The van der Waals surface area contributed by atoms with Crippen molar-refractivity contribution in [1.82, 2.24) is 5.32 Å². The summed E-state index contributed by atoms with van der Waals surface area (Å²) < 4.78 is 4.98. The Hall–Kier alpha value is -0.770. The van der Waals surface area contributed by atoms with Gasteiger partial charge in [-0.1, -0.05) is 22.9 Å². The van der Waals surface area contributed by atoms with Gasteiger partial charge in [-0.15, -0.1) is 0 Å². The van der Waals surface area contributed by atoms with Crippen LogP contribution < -0.4 is 5.32 Å². The first-order valence-electron chi connectivity index (χ1n) is 5.11. The maximum atomic E-state index is 11.4. The monoisotopic (exact) mass is 273 g/mol. The van der Waals surface area contributed by atoms with Crippen molar-refractivity contribution in [2.45, 2.75) is 19.8 Å². The predicted molar refractivity (Wildman–Crippen MR) is 63.2 cm³/mol. The van der Waals surface area contributed by atoms with E-state index in [1.165, 1.54) is 6.26 Å². The van der Waals surface area contributed by atoms with Crippen molar-refractivity contribution in [1.29, 1.82) is 0 Å². The summed E-state index contributed by atoms with van der Waals surface area (Å²) in [4.78, 5) is 11.4. The smallest absolute Gasteiger partial charge is 0.286 e. The summed E-state index contributed by atoms with van der Waals surface area (Å²) in [6.07, 6.45) is 3.62. The summed E-state index contributed by atoms with van der Waals surface area (Å²) in [5.41, 5.74) is 0. The van der Waals surface area contributed by atoms with Gasteiger partial charge in [0.2, 0.25) is 0 Å². The number of carbonyl (C=O) groups excluding carboxylic acids is 1. The highest BCUT2D eigenvalue weighted by molar-refractivity contribution is 9.09. The van der Waals surface area contributed by atoms with Crippen molar-refractivity contribution in [3.8, 4) is 0 Å². The lowest BCUT2D eigenvalue weighted by Gasteiger charge is -2.07. The van der Waals surface area contributed by atoms with Crippen molar-refractivity contribution < 1.29 is 9.21 Å². The molecule has 0 aliphatic carbocycles. The number of amides is 1. The molecule has 0 saturated heterocycles. The minimum Gasteiger partial charge on any atom is -0.459 e. The van der Waals surface area contributed by atoms with E-state index < -0.39 is 0 Å². The van der Waals surface area contributed by atoms with E-state index in [0.717, 1.165) is 18.2 Å².